The summed E-state index contributed by atoms with van der Waals surface area (Å²) in [7, 11) is 3.02. The van der Waals surface area contributed by atoms with Crippen molar-refractivity contribution in [2.45, 2.75) is 26.1 Å². The van der Waals surface area contributed by atoms with Gasteiger partial charge in [0.15, 0.2) is 0 Å². The highest BCUT2D eigenvalue weighted by Crippen LogP contribution is 2.31. The molecule has 13 heteroatoms. The Hall–Kier alpha value is -4.29. The molecule has 4 rings (SSSR count). The Kier molecular flexibility index (Phi) is 6.24. The maximum absolute atomic E-state index is 14.5. The number of anilines is 1. The van der Waals surface area contributed by atoms with Crippen molar-refractivity contribution in [3.8, 4) is 0 Å². The maximum Gasteiger partial charge on any atom is 0.417 e. The van der Waals surface area contributed by atoms with Crippen LogP contribution in [-0.4, -0.2) is 48.6 Å². The molecule has 0 atom stereocenters. The van der Waals surface area contributed by atoms with E-state index in [4.69, 9.17) is 5.73 Å². The molecule has 2 N–H and O–H groups in total. The Labute approximate surface area is 202 Å². The van der Waals surface area contributed by atoms with Crippen LogP contribution in [0.15, 0.2) is 36.7 Å². The fourth-order valence-corrected chi connectivity index (χ4v) is 3.80. The molecule has 0 unspecified atom stereocenters. The van der Waals surface area contributed by atoms with Gasteiger partial charge in [0.2, 0.25) is 5.91 Å². The SMILES string of the molecule is CCC(=O)N(C)N(Cc1ncc(C(F)(F)F)cc1F)C(=O)c1ccc2nc(N)c3cnn(C)c3c2c1. The van der Waals surface area contributed by atoms with Gasteiger partial charge in [-0.15, -0.1) is 0 Å². The van der Waals surface area contributed by atoms with Crippen LogP contribution in [0.5, 0.6) is 0 Å². The first-order chi connectivity index (χ1) is 16.9. The molecule has 0 aliphatic rings. The fraction of sp³-hybridized carbons (Fsp3) is 0.261. The van der Waals surface area contributed by atoms with Gasteiger partial charge >= 0.3 is 6.18 Å². The van der Waals surface area contributed by atoms with Gasteiger partial charge in [0.25, 0.3) is 5.91 Å². The zero-order chi connectivity index (χ0) is 26.4. The van der Waals surface area contributed by atoms with Crippen LogP contribution in [0.25, 0.3) is 21.8 Å². The number of carbonyl (C=O) groups is 2. The molecule has 0 aliphatic carbocycles. The molecule has 3 aromatic heterocycles. The lowest BCUT2D eigenvalue weighted by molar-refractivity contribution is -0.142. The van der Waals surface area contributed by atoms with Crippen LogP contribution in [0.3, 0.4) is 0 Å². The number of aromatic nitrogens is 4. The maximum atomic E-state index is 14.5. The Morgan fingerprint density at radius 1 is 1.14 bits per heavy atom. The van der Waals surface area contributed by atoms with Gasteiger partial charge < -0.3 is 5.73 Å². The third kappa shape index (κ3) is 4.39. The van der Waals surface area contributed by atoms with E-state index in [2.05, 4.69) is 15.1 Å². The number of hydrazine groups is 1. The van der Waals surface area contributed by atoms with Gasteiger partial charge in [-0.05, 0) is 24.3 Å². The molecule has 0 radical (unpaired) electrons. The van der Waals surface area contributed by atoms with E-state index in [0.29, 0.717) is 34.1 Å². The molecular formula is C23H21F4N7O2. The number of nitrogens with zero attached hydrogens (tertiary/aromatic N) is 6. The summed E-state index contributed by atoms with van der Waals surface area (Å²) in [5.41, 5.74) is 5.57. The predicted octanol–water partition coefficient (Wildman–Crippen LogP) is 3.68. The Balaban J connectivity index is 1.78. The number of nitrogen functional groups attached to an aromatic ring is 1. The molecule has 0 saturated carbocycles. The minimum absolute atomic E-state index is 0.0275. The van der Waals surface area contributed by atoms with Crippen LogP contribution in [0.2, 0.25) is 0 Å². The Morgan fingerprint density at radius 2 is 1.86 bits per heavy atom. The predicted molar refractivity (Wildman–Crippen MR) is 123 cm³/mol. The summed E-state index contributed by atoms with van der Waals surface area (Å²) >= 11 is 0. The molecule has 0 spiro atoms. The molecule has 0 aliphatic heterocycles. The number of carbonyl (C=O) groups excluding carboxylic acids is 2. The van der Waals surface area contributed by atoms with E-state index in [1.165, 1.54) is 13.1 Å². The average Bonchev–Trinajstić information content (AvgIpc) is 3.23. The fourth-order valence-electron chi connectivity index (χ4n) is 3.80. The number of nitrogens with two attached hydrogens (primary N) is 1. The molecule has 36 heavy (non-hydrogen) atoms. The van der Waals surface area contributed by atoms with Gasteiger partial charge in [-0.3, -0.25) is 24.3 Å². The smallest absolute Gasteiger partial charge is 0.383 e. The lowest BCUT2D eigenvalue weighted by atomic mass is 10.1. The van der Waals surface area contributed by atoms with Crippen molar-refractivity contribution in [3.63, 3.8) is 0 Å². The topological polar surface area (TPSA) is 110 Å². The first kappa shape index (κ1) is 24.8. The van der Waals surface area contributed by atoms with Gasteiger partial charge in [-0.25, -0.2) is 14.4 Å². The number of rotatable bonds is 4. The minimum atomic E-state index is -4.78. The number of pyridine rings is 2. The first-order valence-electron chi connectivity index (χ1n) is 10.7. The van der Waals surface area contributed by atoms with Crippen LogP contribution >= 0.6 is 0 Å². The number of alkyl halides is 3. The van der Waals surface area contributed by atoms with E-state index in [-0.39, 0.29) is 17.8 Å². The first-order valence-corrected chi connectivity index (χ1v) is 10.7. The molecule has 0 saturated heterocycles. The van der Waals surface area contributed by atoms with E-state index in [1.807, 2.05) is 0 Å². The summed E-state index contributed by atoms with van der Waals surface area (Å²) in [6, 6.07) is 4.88. The number of amides is 2. The second-order valence-electron chi connectivity index (χ2n) is 8.04. The number of fused-ring (bicyclic) bond motifs is 3. The second-order valence-corrected chi connectivity index (χ2v) is 8.04. The van der Waals surface area contributed by atoms with Gasteiger partial charge in [0, 0.05) is 37.7 Å². The number of hydrogen-bond donors (Lipinski definition) is 1. The Morgan fingerprint density at radius 3 is 2.50 bits per heavy atom. The van der Waals surface area contributed by atoms with Crippen molar-refractivity contribution < 1.29 is 27.2 Å². The largest absolute Gasteiger partial charge is 0.417 e. The van der Waals surface area contributed by atoms with Gasteiger partial charge in [0.1, 0.15) is 11.6 Å². The quantitative estimate of drug-likeness (QED) is 0.336. The number of hydrogen-bond acceptors (Lipinski definition) is 6. The summed E-state index contributed by atoms with van der Waals surface area (Å²) in [6.07, 6.45) is -2.73. The molecule has 1 aromatic carbocycles. The zero-order valence-electron chi connectivity index (χ0n) is 19.5. The van der Waals surface area contributed by atoms with Crippen LogP contribution in [0, 0.1) is 5.82 Å². The van der Waals surface area contributed by atoms with Crippen LogP contribution in [0.4, 0.5) is 23.4 Å². The number of halogens is 4. The molecular weight excluding hydrogens is 482 g/mol. The zero-order valence-corrected chi connectivity index (χ0v) is 19.5. The molecule has 188 valence electrons. The van der Waals surface area contributed by atoms with Crippen LogP contribution < -0.4 is 5.73 Å². The summed E-state index contributed by atoms with van der Waals surface area (Å²) < 4.78 is 54.9. The van der Waals surface area contributed by atoms with Crippen molar-refractivity contribution in [1.29, 1.82) is 0 Å². The second kappa shape index (κ2) is 9.06. The summed E-state index contributed by atoms with van der Waals surface area (Å²) in [6.45, 7) is 0.994. The van der Waals surface area contributed by atoms with Crippen molar-refractivity contribution in [3.05, 3.63) is 59.3 Å². The highest BCUT2D eigenvalue weighted by Gasteiger charge is 2.33. The summed E-state index contributed by atoms with van der Waals surface area (Å²) in [4.78, 5) is 33.9. The third-order valence-corrected chi connectivity index (χ3v) is 5.76. The highest BCUT2D eigenvalue weighted by molar-refractivity contribution is 6.10. The monoisotopic (exact) mass is 503 g/mol. The van der Waals surface area contributed by atoms with Gasteiger partial charge in [0.05, 0.1) is 40.4 Å². The van der Waals surface area contributed by atoms with Crippen molar-refractivity contribution >= 4 is 39.4 Å². The molecule has 0 bridgehead atoms. The molecule has 9 nitrogen and oxygen atoms in total. The number of benzene rings is 1. The van der Waals surface area contributed by atoms with Crippen LogP contribution in [-0.2, 0) is 24.6 Å². The molecule has 0 fully saturated rings. The Bertz CT molecular complexity index is 1500. The third-order valence-electron chi connectivity index (χ3n) is 5.76. The lowest BCUT2D eigenvalue weighted by Gasteiger charge is -2.31. The molecule has 3 heterocycles. The normalized spacial score (nSPS) is 11.8. The van der Waals surface area contributed by atoms with Gasteiger partial charge in [-0.2, -0.15) is 18.3 Å². The average molecular weight is 503 g/mol. The highest BCUT2D eigenvalue weighted by atomic mass is 19.4. The van der Waals surface area contributed by atoms with E-state index in [1.54, 1.807) is 37.0 Å². The van der Waals surface area contributed by atoms with Crippen molar-refractivity contribution in [2.75, 3.05) is 12.8 Å². The standard InChI is InChI=1S/C23H21F4N7O2/c1-4-19(35)33(3)34(11-18-16(24)8-13(9-29-18)23(25,26)27)22(36)12-5-6-17-14(7-12)20-15(21(28)31-17)10-30-32(20)2/h5-10H,4,11H2,1-3H3,(H2,28,31). The molecule has 4 aromatic rings. The van der Waals surface area contributed by atoms with E-state index in [0.717, 1.165) is 10.0 Å². The van der Waals surface area contributed by atoms with Crippen LogP contribution in [0.1, 0.15) is 35.0 Å². The summed E-state index contributed by atoms with van der Waals surface area (Å²) in [5, 5.41) is 7.25. The molecule has 2 amide bonds. The van der Waals surface area contributed by atoms with E-state index < -0.39 is 41.6 Å². The van der Waals surface area contributed by atoms with E-state index >= 15 is 0 Å². The number of aryl methyl sites for hydroxylation is 1. The van der Waals surface area contributed by atoms with E-state index in [9.17, 15) is 27.2 Å². The van der Waals surface area contributed by atoms with Crippen molar-refractivity contribution in [1.82, 2.24) is 29.8 Å². The lowest BCUT2D eigenvalue weighted by Crippen LogP contribution is -2.47. The van der Waals surface area contributed by atoms with Crippen molar-refractivity contribution in [2.24, 2.45) is 7.05 Å². The summed E-state index contributed by atoms with van der Waals surface area (Å²) in [5.74, 6) is -2.16. The minimum Gasteiger partial charge on any atom is -0.383 e. The van der Waals surface area contributed by atoms with Gasteiger partial charge in [-0.1, -0.05) is 6.92 Å².